The molecule has 5 atom stereocenters. The minimum absolute atomic E-state index is 0.107. The van der Waals surface area contributed by atoms with Gasteiger partial charge in [0.1, 0.15) is 24.4 Å². The summed E-state index contributed by atoms with van der Waals surface area (Å²) in [5.74, 6) is 0. The van der Waals surface area contributed by atoms with Crippen LogP contribution in [-0.4, -0.2) is 37.3 Å². The van der Waals surface area contributed by atoms with Gasteiger partial charge in [0.15, 0.2) is 6.29 Å². The average molecular weight is 433 g/mol. The second-order valence-electron chi connectivity index (χ2n) is 8.17. The summed E-state index contributed by atoms with van der Waals surface area (Å²) in [7, 11) is 0. The Morgan fingerprint density at radius 2 is 1.06 bits per heavy atom. The first kappa shape index (κ1) is 21.3. The van der Waals surface area contributed by atoms with Crippen molar-refractivity contribution in [1.82, 2.24) is 0 Å². The van der Waals surface area contributed by atoms with Crippen molar-refractivity contribution < 1.29 is 23.7 Å². The van der Waals surface area contributed by atoms with Crippen molar-refractivity contribution in [2.45, 2.75) is 50.5 Å². The summed E-state index contributed by atoms with van der Waals surface area (Å²) >= 11 is 0. The van der Waals surface area contributed by atoms with Crippen molar-refractivity contribution in [3.05, 3.63) is 108 Å². The highest BCUT2D eigenvalue weighted by Crippen LogP contribution is 2.39. The largest absolute Gasteiger partial charge is 0.374 e. The molecule has 5 rings (SSSR count). The van der Waals surface area contributed by atoms with Gasteiger partial charge in [-0.1, -0.05) is 91.0 Å². The van der Waals surface area contributed by atoms with E-state index in [0.717, 1.165) is 16.7 Å². The molecule has 5 heteroatoms. The van der Waals surface area contributed by atoms with Crippen LogP contribution in [0, 0.1) is 0 Å². The maximum atomic E-state index is 6.37. The normalized spacial score (nSPS) is 26.4. The van der Waals surface area contributed by atoms with E-state index < -0.39 is 0 Å². The van der Waals surface area contributed by atoms with Crippen LogP contribution in [0.2, 0.25) is 0 Å². The Kier molecular flexibility index (Phi) is 6.92. The SMILES string of the molecule is c1ccc(COC[C@H]2O[C@H]3O[C@@H]3[C@@H](OCc3ccccc3)[C@@H]2OCc2ccccc2)cc1. The number of hydrogen-bond acceptors (Lipinski definition) is 5. The van der Waals surface area contributed by atoms with Crippen LogP contribution in [0.5, 0.6) is 0 Å². The fraction of sp³-hybridized carbons (Fsp3) is 0.333. The van der Waals surface area contributed by atoms with Gasteiger partial charge in [0, 0.05) is 0 Å². The molecule has 2 fully saturated rings. The van der Waals surface area contributed by atoms with Crippen molar-refractivity contribution in [2.24, 2.45) is 0 Å². The third kappa shape index (κ3) is 5.44. The van der Waals surface area contributed by atoms with Gasteiger partial charge in [-0.2, -0.15) is 0 Å². The zero-order valence-corrected chi connectivity index (χ0v) is 17.9. The lowest BCUT2D eigenvalue weighted by molar-refractivity contribution is -0.192. The average Bonchev–Trinajstić information content (AvgIpc) is 3.63. The number of epoxide rings is 1. The molecular weight excluding hydrogens is 404 g/mol. The minimum Gasteiger partial charge on any atom is -0.374 e. The molecule has 0 radical (unpaired) electrons. The molecule has 0 aliphatic carbocycles. The monoisotopic (exact) mass is 432 g/mol. The van der Waals surface area contributed by atoms with Crippen LogP contribution in [0.15, 0.2) is 91.0 Å². The third-order valence-electron chi connectivity index (χ3n) is 5.77. The van der Waals surface area contributed by atoms with E-state index in [1.807, 2.05) is 54.6 Å². The first-order valence-corrected chi connectivity index (χ1v) is 11.1. The molecule has 0 N–H and O–H groups in total. The van der Waals surface area contributed by atoms with E-state index in [1.54, 1.807) is 0 Å². The summed E-state index contributed by atoms with van der Waals surface area (Å²) in [6, 6.07) is 30.4. The molecule has 5 nitrogen and oxygen atoms in total. The lowest BCUT2D eigenvalue weighted by atomic mass is 10.0. The molecule has 0 saturated carbocycles. The smallest absolute Gasteiger partial charge is 0.187 e. The Hall–Kier alpha value is -2.54. The van der Waals surface area contributed by atoms with Gasteiger partial charge in [-0.05, 0) is 16.7 Å². The van der Waals surface area contributed by atoms with Gasteiger partial charge in [-0.15, -0.1) is 0 Å². The molecule has 2 aliphatic heterocycles. The highest BCUT2D eigenvalue weighted by atomic mass is 16.8. The van der Waals surface area contributed by atoms with Gasteiger partial charge in [0.05, 0.1) is 26.4 Å². The topological polar surface area (TPSA) is 49.5 Å². The van der Waals surface area contributed by atoms with E-state index in [9.17, 15) is 0 Å². The summed E-state index contributed by atoms with van der Waals surface area (Å²) in [6.45, 7) is 1.91. The molecule has 0 amide bonds. The molecule has 166 valence electrons. The van der Waals surface area contributed by atoms with Crippen molar-refractivity contribution in [3.63, 3.8) is 0 Å². The fourth-order valence-corrected chi connectivity index (χ4v) is 4.03. The highest BCUT2D eigenvalue weighted by Gasteiger charge is 2.58. The maximum Gasteiger partial charge on any atom is 0.187 e. The van der Waals surface area contributed by atoms with E-state index >= 15 is 0 Å². The number of fused-ring (bicyclic) bond motifs is 1. The van der Waals surface area contributed by atoms with E-state index in [1.165, 1.54) is 0 Å². The van der Waals surface area contributed by atoms with Crippen LogP contribution in [0.1, 0.15) is 16.7 Å². The lowest BCUT2D eigenvalue weighted by Crippen LogP contribution is -2.52. The Labute approximate surface area is 188 Å². The Balaban J connectivity index is 1.26. The van der Waals surface area contributed by atoms with Gasteiger partial charge in [-0.25, -0.2) is 0 Å². The standard InChI is InChI=1S/C27H28O5/c1-4-10-20(11-5-1)16-28-19-23-24(29-17-21-12-6-2-7-13-21)25(26-27(31-23)32-26)30-18-22-14-8-3-9-15-22/h1-15,23-27H,16-19H2/t23-,24-,25+,26-,27+/m1/s1. The number of rotatable bonds is 10. The van der Waals surface area contributed by atoms with Crippen LogP contribution in [0.3, 0.4) is 0 Å². The summed E-state index contributed by atoms with van der Waals surface area (Å²) < 4.78 is 30.6. The molecule has 2 aliphatic rings. The van der Waals surface area contributed by atoms with Crippen LogP contribution in [0.4, 0.5) is 0 Å². The van der Waals surface area contributed by atoms with Crippen molar-refractivity contribution >= 4 is 0 Å². The number of benzene rings is 3. The molecule has 0 aromatic heterocycles. The molecule has 0 unspecified atom stereocenters. The van der Waals surface area contributed by atoms with Gasteiger partial charge in [-0.3, -0.25) is 0 Å². The van der Waals surface area contributed by atoms with Crippen LogP contribution in [0.25, 0.3) is 0 Å². The Bertz CT molecular complexity index is 950. The lowest BCUT2D eigenvalue weighted by Gasteiger charge is -2.35. The molecule has 0 spiro atoms. The molecule has 2 heterocycles. The highest BCUT2D eigenvalue weighted by molar-refractivity contribution is 5.15. The van der Waals surface area contributed by atoms with E-state index in [4.69, 9.17) is 23.7 Å². The minimum atomic E-state index is -0.293. The summed E-state index contributed by atoms with van der Waals surface area (Å²) in [5, 5.41) is 0. The van der Waals surface area contributed by atoms with E-state index in [2.05, 4.69) is 36.4 Å². The summed E-state index contributed by atoms with van der Waals surface area (Å²) in [4.78, 5) is 0. The predicted octanol–water partition coefficient (Wildman–Crippen LogP) is 4.50. The number of hydrogen-bond donors (Lipinski definition) is 0. The predicted molar refractivity (Wildman–Crippen MR) is 120 cm³/mol. The summed E-state index contributed by atoms with van der Waals surface area (Å²) in [5.41, 5.74) is 3.36. The third-order valence-corrected chi connectivity index (χ3v) is 5.77. The van der Waals surface area contributed by atoms with Gasteiger partial charge >= 0.3 is 0 Å². The zero-order valence-electron chi connectivity index (χ0n) is 17.9. The van der Waals surface area contributed by atoms with Crippen molar-refractivity contribution in [2.75, 3.05) is 6.61 Å². The van der Waals surface area contributed by atoms with Crippen LogP contribution >= 0.6 is 0 Å². The van der Waals surface area contributed by atoms with Gasteiger partial charge in [0.2, 0.25) is 0 Å². The maximum absolute atomic E-state index is 6.37. The number of ether oxygens (including phenoxy) is 5. The molecular formula is C27H28O5. The van der Waals surface area contributed by atoms with Gasteiger partial charge < -0.3 is 23.7 Å². The molecule has 3 aromatic rings. The molecule has 2 saturated heterocycles. The quantitative estimate of drug-likeness (QED) is 0.442. The molecule has 32 heavy (non-hydrogen) atoms. The van der Waals surface area contributed by atoms with E-state index in [-0.39, 0.29) is 30.7 Å². The summed E-state index contributed by atoms with van der Waals surface area (Å²) in [6.07, 6.45) is -1.14. The second-order valence-corrected chi connectivity index (χ2v) is 8.17. The van der Waals surface area contributed by atoms with Crippen molar-refractivity contribution in [1.29, 1.82) is 0 Å². The fourth-order valence-electron chi connectivity index (χ4n) is 4.03. The Morgan fingerprint density at radius 1 is 0.562 bits per heavy atom. The van der Waals surface area contributed by atoms with Crippen LogP contribution in [-0.2, 0) is 43.5 Å². The molecule has 0 bridgehead atoms. The second kappa shape index (κ2) is 10.4. The van der Waals surface area contributed by atoms with Crippen LogP contribution < -0.4 is 0 Å². The van der Waals surface area contributed by atoms with Gasteiger partial charge in [0.25, 0.3) is 0 Å². The zero-order chi connectivity index (χ0) is 21.6. The first-order valence-electron chi connectivity index (χ1n) is 11.1. The Morgan fingerprint density at radius 3 is 1.62 bits per heavy atom. The van der Waals surface area contributed by atoms with Crippen molar-refractivity contribution in [3.8, 4) is 0 Å². The first-order chi connectivity index (χ1) is 15.9. The van der Waals surface area contributed by atoms with E-state index in [0.29, 0.717) is 26.4 Å². The molecule has 3 aromatic carbocycles.